The van der Waals surface area contributed by atoms with E-state index in [0.29, 0.717) is 0 Å². The van der Waals surface area contributed by atoms with Gasteiger partial charge < -0.3 is 5.21 Å². The van der Waals surface area contributed by atoms with E-state index in [-0.39, 0.29) is 0 Å². The van der Waals surface area contributed by atoms with E-state index in [0.717, 1.165) is 17.6 Å². The van der Waals surface area contributed by atoms with Gasteiger partial charge in [0.05, 0.1) is 0 Å². The quantitative estimate of drug-likeness (QED) is 0.382. The Kier molecular flexibility index (Phi) is 1.13. The van der Waals surface area contributed by atoms with Gasteiger partial charge in [0.25, 0.3) is 0 Å². The molecule has 0 fully saturated rings. The monoisotopic (exact) mass is 135 g/mol. The second kappa shape index (κ2) is 1.97. The Labute approximate surface area is 59.7 Å². The van der Waals surface area contributed by atoms with Crippen LogP contribution in [-0.2, 0) is 12.8 Å². The molecule has 1 aromatic heterocycles. The molecule has 1 aromatic rings. The van der Waals surface area contributed by atoms with Crippen LogP contribution in [0.4, 0.5) is 0 Å². The molecule has 0 bridgehead atoms. The van der Waals surface area contributed by atoms with Crippen LogP contribution < -0.4 is 4.73 Å². The molecule has 0 saturated carbocycles. The summed E-state index contributed by atoms with van der Waals surface area (Å²) < 4.78 is 0.879. The summed E-state index contributed by atoms with van der Waals surface area (Å²) in [5.41, 5.74) is 2.59. The van der Waals surface area contributed by atoms with Crippen molar-refractivity contribution in [1.29, 1.82) is 0 Å². The fourth-order valence-corrected chi connectivity index (χ4v) is 1.49. The third-order valence-corrected chi connectivity index (χ3v) is 2.01. The maximum atomic E-state index is 10.7. The van der Waals surface area contributed by atoms with Crippen molar-refractivity contribution in [1.82, 2.24) is 0 Å². The lowest BCUT2D eigenvalue weighted by atomic mass is 10.2. The average molecular weight is 135 g/mol. The zero-order valence-corrected chi connectivity index (χ0v) is 5.71. The van der Waals surface area contributed by atoms with E-state index in [9.17, 15) is 5.21 Å². The number of aromatic nitrogens is 1. The van der Waals surface area contributed by atoms with Gasteiger partial charge in [0.1, 0.15) is 0 Å². The lowest BCUT2D eigenvalue weighted by Crippen LogP contribution is -2.24. The van der Waals surface area contributed by atoms with Gasteiger partial charge in [0.15, 0.2) is 12.4 Å². The number of nitrogens with zero attached hydrogens (tertiary/aromatic N) is 1. The maximum absolute atomic E-state index is 10.7. The van der Waals surface area contributed by atoms with Gasteiger partial charge in [-0.05, 0) is 24.8 Å². The van der Waals surface area contributed by atoms with Crippen molar-refractivity contribution < 1.29 is 4.73 Å². The second-order valence-electron chi connectivity index (χ2n) is 2.71. The lowest BCUT2D eigenvalue weighted by molar-refractivity contribution is -0.605. The van der Waals surface area contributed by atoms with Gasteiger partial charge in [0, 0.05) is 11.6 Å². The first kappa shape index (κ1) is 5.71. The highest BCUT2D eigenvalue weighted by molar-refractivity contribution is 5.25. The summed E-state index contributed by atoms with van der Waals surface area (Å²) in [6.07, 6.45) is 6.69. The zero-order chi connectivity index (χ0) is 6.97. The van der Waals surface area contributed by atoms with Crippen molar-refractivity contribution in [2.75, 3.05) is 0 Å². The molecule has 0 amide bonds. The average Bonchev–Trinajstić information content (AvgIpc) is 2.33. The largest absolute Gasteiger partial charge is 0.619 e. The molecule has 1 heterocycles. The smallest absolute Gasteiger partial charge is 0.183 e. The van der Waals surface area contributed by atoms with E-state index in [4.69, 9.17) is 0 Å². The maximum Gasteiger partial charge on any atom is 0.183 e. The normalized spacial score (nSPS) is 15.2. The van der Waals surface area contributed by atoms with Crippen molar-refractivity contribution in [2.24, 2.45) is 0 Å². The van der Waals surface area contributed by atoms with Crippen LogP contribution in [0.15, 0.2) is 18.5 Å². The molecular formula is C8H9NO. The predicted octanol–water partition coefficient (Wildman–Crippen LogP) is 0.809. The Morgan fingerprint density at radius 3 is 3.00 bits per heavy atom. The molecule has 0 aliphatic heterocycles. The summed E-state index contributed by atoms with van der Waals surface area (Å²) in [7, 11) is 0. The summed E-state index contributed by atoms with van der Waals surface area (Å²) in [4.78, 5) is 0. The van der Waals surface area contributed by atoms with E-state index in [2.05, 4.69) is 0 Å². The van der Waals surface area contributed by atoms with Crippen LogP contribution in [-0.4, -0.2) is 0 Å². The standard InChI is InChI=1S/C8H9NO/c10-9-5-4-7-2-1-3-8(7)6-9/h4-6H,1-3H2. The van der Waals surface area contributed by atoms with Crippen molar-refractivity contribution in [3.63, 3.8) is 0 Å². The van der Waals surface area contributed by atoms with Crippen molar-refractivity contribution in [3.05, 3.63) is 34.8 Å². The van der Waals surface area contributed by atoms with Crippen molar-refractivity contribution in [2.45, 2.75) is 19.3 Å². The van der Waals surface area contributed by atoms with E-state index in [1.165, 1.54) is 17.5 Å². The van der Waals surface area contributed by atoms with Gasteiger partial charge >= 0.3 is 0 Å². The van der Waals surface area contributed by atoms with Gasteiger partial charge in [-0.2, -0.15) is 4.73 Å². The number of hydrogen-bond acceptors (Lipinski definition) is 1. The molecule has 1 aliphatic rings. The molecular weight excluding hydrogens is 126 g/mol. The van der Waals surface area contributed by atoms with Crippen LogP contribution in [0.1, 0.15) is 17.5 Å². The number of fused-ring (bicyclic) bond motifs is 1. The molecule has 2 heteroatoms. The number of aryl methyl sites for hydroxylation is 2. The zero-order valence-electron chi connectivity index (χ0n) is 5.71. The first-order chi connectivity index (χ1) is 4.86. The van der Waals surface area contributed by atoms with Crippen LogP contribution in [0.25, 0.3) is 0 Å². The van der Waals surface area contributed by atoms with Crippen LogP contribution in [0, 0.1) is 5.21 Å². The third kappa shape index (κ3) is 0.764. The molecule has 0 radical (unpaired) electrons. The highest BCUT2D eigenvalue weighted by atomic mass is 16.5. The fraction of sp³-hybridized carbons (Fsp3) is 0.375. The summed E-state index contributed by atoms with van der Waals surface area (Å²) in [5, 5.41) is 10.7. The Balaban J connectivity index is 2.52. The van der Waals surface area contributed by atoms with Crippen LogP contribution in [0.3, 0.4) is 0 Å². The van der Waals surface area contributed by atoms with Gasteiger partial charge in [-0.25, -0.2) is 0 Å². The molecule has 0 spiro atoms. The molecule has 0 unspecified atom stereocenters. The van der Waals surface area contributed by atoms with E-state index >= 15 is 0 Å². The first-order valence-electron chi connectivity index (χ1n) is 3.57. The lowest BCUT2D eigenvalue weighted by Gasteiger charge is -1.97. The van der Waals surface area contributed by atoms with E-state index in [1.54, 1.807) is 12.4 Å². The topological polar surface area (TPSA) is 26.9 Å². The predicted molar refractivity (Wildman–Crippen MR) is 37.4 cm³/mol. The SMILES string of the molecule is [O-][n+]1ccc2c(c1)CCC2. The molecule has 0 aromatic carbocycles. The summed E-state index contributed by atoms with van der Waals surface area (Å²) in [5.74, 6) is 0. The van der Waals surface area contributed by atoms with Crippen molar-refractivity contribution >= 4 is 0 Å². The molecule has 0 atom stereocenters. The minimum Gasteiger partial charge on any atom is -0.619 e. The first-order valence-corrected chi connectivity index (χ1v) is 3.57. The Morgan fingerprint density at radius 2 is 2.10 bits per heavy atom. The van der Waals surface area contributed by atoms with Gasteiger partial charge in [0.2, 0.25) is 0 Å². The highest BCUT2D eigenvalue weighted by Gasteiger charge is 2.12. The second-order valence-corrected chi connectivity index (χ2v) is 2.71. The van der Waals surface area contributed by atoms with Crippen LogP contribution in [0.2, 0.25) is 0 Å². The Morgan fingerprint density at radius 1 is 1.30 bits per heavy atom. The fourth-order valence-electron chi connectivity index (χ4n) is 1.49. The van der Waals surface area contributed by atoms with Gasteiger partial charge in [-0.3, -0.25) is 0 Å². The Bertz CT molecular complexity index is 257. The van der Waals surface area contributed by atoms with E-state index in [1.807, 2.05) is 6.07 Å². The molecule has 10 heavy (non-hydrogen) atoms. The van der Waals surface area contributed by atoms with Crippen molar-refractivity contribution in [3.8, 4) is 0 Å². The third-order valence-electron chi connectivity index (χ3n) is 2.01. The minimum absolute atomic E-state index is 0.879. The molecule has 2 rings (SSSR count). The molecule has 0 saturated heterocycles. The van der Waals surface area contributed by atoms with Gasteiger partial charge in [-0.15, -0.1) is 0 Å². The van der Waals surface area contributed by atoms with Crippen LogP contribution in [0.5, 0.6) is 0 Å². The van der Waals surface area contributed by atoms with E-state index < -0.39 is 0 Å². The molecule has 2 nitrogen and oxygen atoms in total. The number of pyridine rings is 1. The van der Waals surface area contributed by atoms with Gasteiger partial charge in [-0.1, -0.05) is 0 Å². The van der Waals surface area contributed by atoms with Crippen LogP contribution >= 0.6 is 0 Å². The summed E-state index contributed by atoms with van der Waals surface area (Å²) >= 11 is 0. The Hall–Kier alpha value is -1.05. The minimum atomic E-state index is 0.879. The molecule has 1 aliphatic carbocycles. The molecule has 0 N–H and O–H groups in total. The highest BCUT2D eigenvalue weighted by Crippen LogP contribution is 2.18. The number of rotatable bonds is 0. The summed E-state index contributed by atoms with van der Waals surface area (Å²) in [6.45, 7) is 0. The summed E-state index contributed by atoms with van der Waals surface area (Å²) in [6, 6.07) is 1.93. The molecule has 52 valence electrons. The number of hydrogen-bond donors (Lipinski definition) is 0.